The Hall–Kier alpha value is -4.76. The van der Waals surface area contributed by atoms with E-state index in [-0.39, 0.29) is 41.0 Å². The van der Waals surface area contributed by atoms with Crippen molar-refractivity contribution in [1.82, 2.24) is 9.80 Å². The molecule has 0 bridgehead atoms. The molecule has 5 rings (SSSR count). The van der Waals surface area contributed by atoms with Gasteiger partial charge in [-0.05, 0) is 23.6 Å². The quantitative estimate of drug-likeness (QED) is 0.183. The van der Waals surface area contributed by atoms with E-state index in [2.05, 4.69) is 29.2 Å². The predicted octanol–water partition coefficient (Wildman–Crippen LogP) is 4.43. The lowest BCUT2D eigenvalue weighted by Gasteiger charge is -2.40. The number of aryl methyl sites for hydroxylation is 1. The molecule has 0 atom stereocenters. The Morgan fingerprint density at radius 3 is 1.95 bits per heavy atom. The second-order valence-corrected chi connectivity index (χ2v) is 10.3. The molecule has 0 aliphatic carbocycles. The average molecular weight is 569 g/mol. The van der Waals surface area contributed by atoms with Crippen LogP contribution in [0.1, 0.15) is 42.1 Å². The van der Waals surface area contributed by atoms with Gasteiger partial charge in [0, 0.05) is 52.2 Å². The second-order valence-electron chi connectivity index (χ2n) is 10.3. The van der Waals surface area contributed by atoms with Crippen LogP contribution in [-0.4, -0.2) is 53.8 Å². The van der Waals surface area contributed by atoms with E-state index in [4.69, 9.17) is 13.9 Å². The molecule has 1 aliphatic heterocycles. The molecule has 9 heteroatoms. The van der Waals surface area contributed by atoms with E-state index in [1.165, 1.54) is 37.1 Å². The Bertz CT molecular complexity index is 1630. The summed E-state index contributed by atoms with van der Waals surface area (Å²) in [6, 6.07) is 23.5. The fraction of sp³-hybridized carbons (Fsp3) is 0.273. The van der Waals surface area contributed by atoms with Gasteiger partial charge in [-0.1, -0.05) is 60.7 Å². The first-order chi connectivity index (χ1) is 20.2. The van der Waals surface area contributed by atoms with Gasteiger partial charge in [0.2, 0.25) is 5.91 Å². The van der Waals surface area contributed by atoms with E-state index in [9.17, 15) is 19.2 Å². The van der Waals surface area contributed by atoms with Crippen LogP contribution in [0, 0.1) is 6.92 Å². The summed E-state index contributed by atoms with van der Waals surface area (Å²) >= 11 is 0. The maximum absolute atomic E-state index is 13.4. The molecular formula is C33H32N2O7. The predicted molar refractivity (Wildman–Crippen MR) is 156 cm³/mol. The monoisotopic (exact) mass is 568 g/mol. The molecule has 0 N–H and O–H groups in total. The first-order valence-electron chi connectivity index (χ1n) is 13.8. The van der Waals surface area contributed by atoms with Gasteiger partial charge in [0.1, 0.15) is 17.1 Å². The van der Waals surface area contributed by atoms with Crippen LogP contribution >= 0.6 is 0 Å². The maximum Gasteiger partial charge on any atom is 0.340 e. The second kappa shape index (κ2) is 12.4. The molecule has 1 fully saturated rings. The van der Waals surface area contributed by atoms with E-state index < -0.39 is 17.6 Å². The van der Waals surface area contributed by atoms with Crippen LogP contribution in [-0.2, 0) is 20.8 Å². The Labute approximate surface area is 243 Å². The number of ether oxygens (including phenoxy) is 2. The van der Waals surface area contributed by atoms with Crippen molar-refractivity contribution in [3.05, 3.63) is 105 Å². The van der Waals surface area contributed by atoms with Crippen molar-refractivity contribution >= 4 is 28.8 Å². The summed E-state index contributed by atoms with van der Waals surface area (Å²) in [5.74, 6) is -1.22. The molecule has 0 spiro atoms. The molecule has 3 aromatic carbocycles. The highest BCUT2D eigenvalue weighted by molar-refractivity contribution is 5.92. The van der Waals surface area contributed by atoms with Gasteiger partial charge in [-0.15, -0.1) is 0 Å². The number of hydrogen-bond donors (Lipinski definition) is 0. The Morgan fingerprint density at radius 1 is 0.833 bits per heavy atom. The highest BCUT2D eigenvalue weighted by Crippen LogP contribution is 2.35. The van der Waals surface area contributed by atoms with Crippen LogP contribution in [0.4, 0.5) is 0 Å². The summed E-state index contributed by atoms with van der Waals surface area (Å²) in [5.41, 5.74) is 2.45. The first kappa shape index (κ1) is 28.8. The highest BCUT2D eigenvalue weighted by Gasteiger charge is 2.29. The number of amides is 1. The molecule has 4 aromatic rings. The standard InChI is InChI=1S/C33H32N2O7/c1-21-27(33(39)42-29-19-26(40-22(2)36)18-28(31(21)29)41-23(3)37)20-30(38)34-14-16-35(17-15-34)32(24-10-6-4-7-11-24)25-12-8-5-9-13-25/h4-13,18-19,32H,14-17,20H2,1-3H3. The molecule has 42 heavy (non-hydrogen) atoms. The third kappa shape index (κ3) is 6.26. The van der Waals surface area contributed by atoms with Crippen molar-refractivity contribution in [2.75, 3.05) is 26.2 Å². The summed E-state index contributed by atoms with van der Waals surface area (Å²) in [7, 11) is 0. The third-order valence-electron chi connectivity index (χ3n) is 7.42. The number of esters is 2. The van der Waals surface area contributed by atoms with Gasteiger partial charge in [-0.3, -0.25) is 19.3 Å². The molecular weight excluding hydrogens is 536 g/mol. The number of carbonyl (C=O) groups is 3. The lowest BCUT2D eigenvalue weighted by molar-refractivity contribution is -0.133. The van der Waals surface area contributed by atoms with E-state index in [1.807, 2.05) is 36.4 Å². The minimum atomic E-state index is -0.672. The molecule has 1 saturated heterocycles. The maximum atomic E-state index is 13.4. The van der Waals surface area contributed by atoms with Gasteiger partial charge in [0.05, 0.1) is 23.4 Å². The smallest absolute Gasteiger partial charge is 0.340 e. The van der Waals surface area contributed by atoms with Crippen LogP contribution in [0.15, 0.2) is 82.0 Å². The van der Waals surface area contributed by atoms with E-state index in [0.717, 1.165) is 0 Å². The molecule has 216 valence electrons. The van der Waals surface area contributed by atoms with Gasteiger partial charge in [-0.25, -0.2) is 4.79 Å². The summed E-state index contributed by atoms with van der Waals surface area (Å²) in [4.78, 5) is 53.9. The van der Waals surface area contributed by atoms with E-state index in [1.54, 1.807) is 11.8 Å². The summed E-state index contributed by atoms with van der Waals surface area (Å²) in [6.07, 6.45) is -0.157. The number of fused-ring (bicyclic) bond motifs is 1. The number of hydrogen-bond acceptors (Lipinski definition) is 8. The topological polar surface area (TPSA) is 106 Å². The zero-order valence-corrected chi connectivity index (χ0v) is 23.8. The van der Waals surface area contributed by atoms with Crippen molar-refractivity contribution in [3.8, 4) is 11.5 Å². The molecule has 1 amide bonds. The molecule has 1 aromatic heterocycles. The number of nitrogens with zero attached hydrogens (tertiary/aromatic N) is 2. The SMILES string of the molecule is CC(=O)Oc1cc(OC(C)=O)c2c(C)c(CC(=O)N3CCN(C(c4ccccc4)c4ccccc4)CC3)c(=O)oc2c1. The number of piperazine rings is 1. The van der Waals surface area contributed by atoms with E-state index in [0.29, 0.717) is 37.1 Å². The van der Waals surface area contributed by atoms with Crippen LogP contribution in [0.25, 0.3) is 11.0 Å². The molecule has 0 unspecified atom stereocenters. The fourth-order valence-electron chi connectivity index (χ4n) is 5.52. The Balaban J connectivity index is 1.37. The minimum Gasteiger partial charge on any atom is -0.426 e. The van der Waals surface area contributed by atoms with Crippen molar-refractivity contribution in [2.24, 2.45) is 0 Å². The van der Waals surface area contributed by atoms with Crippen LogP contribution < -0.4 is 15.1 Å². The van der Waals surface area contributed by atoms with Gasteiger partial charge in [-0.2, -0.15) is 0 Å². The average Bonchev–Trinajstić information content (AvgIpc) is 2.96. The lowest BCUT2D eigenvalue weighted by Crippen LogP contribution is -2.50. The highest BCUT2D eigenvalue weighted by atomic mass is 16.5. The lowest BCUT2D eigenvalue weighted by atomic mass is 9.96. The summed E-state index contributed by atoms with van der Waals surface area (Å²) in [6.45, 7) is 6.51. The van der Waals surface area contributed by atoms with Gasteiger partial charge >= 0.3 is 17.6 Å². The Kier molecular flexibility index (Phi) is 8.49. The van der Waals surface area contributed by atoms with Crippen LogP contribution in [0.3, 0.4) is 0 Å². The molecule has 9 nitrogen and oxygen atoms in total. The number of carbonyl (C=O) groups excluding carboxylic acids is 3. The normalized spacial score (nSPS) is 13.8. The molecule has 0 radical (unpaired) electrons. The van der Waals surface area contributed by atoms with Crippen LogP contribution in [0.2, 0.25) is 0 Å². The largest absolute Gasteiger partial charge is 0.426 e. The summed E-state index contributed by atoms with van der Waals surface area (Å²) in [5, 5.41) is 0.363. The van der Waals surface area contributed by atoms with E-state index >= 15 is 0 Å². The third-order valence-corrected chi connectivity index (χ3v) is 7.42. The number of rotatable bonds is 7. The molecule has 0 saturated carbocycles. The zero-order valence-electron chi connectivity index (χ0n) is 23.8. The zero-order chi connectivity index (χ0) is 29.8. The van der Waals surface area contributed by atoms with Gasteiger partial charge in [0.25, 0.3) is 0 Å². The van der Waals surface area contributed by atoms with Crippen molar-refractivity contribution in [2.45, 2.75) is 33.2 Å². The molecule has 1 aliphatic rings. The van der Waals surface area contributed by atoms with Gasteiger partial charge < -0.3 is 18.8 Å². The molecule has 2 heterocycles. The van der Waals surface area contributed by atoms with Crippen molar-refractivity contribution in [1.29, 1.82) is 0 Å². The fourth-order valence-corrected chi connectivity index (χ4v) is 5.52. The first-order valence-corrected chi connectivity index (χ1v) is 13.8. The van der Waals surface area contributed by atoms with Crippen molar-refractivity contribution in [3.63, 3.8) is 0 Å². The van der Waals surface area contributed by atoms with Crippen molar-refractivity contribution < 1.29 is 28.3 Å². The Morgan fingerprint density at radius 2 is 1.40 bits per heavy atom. The summed E-state index contributed by atoms with van der Waals surface area (Å²) < 4.78 is 16.0. The van der Waals surface area contributed by atoms with Gasteiger partial charge in [0.15, 0.2) is 0 Å². The minimum absolute atomic E-state index is 0.0657. The number of benzene rings is 3. The van der Waals surface area contributed by atoms with Crippen LogP contribution in [0.5, 0.6) is 11.5 Å².